The van der Waals surface area contributed by atoms with Crippen LogP contribution in [0.3, 0.4) is 0 Å². The molecule has 1 heterocycles. The Bertz CT molecular complexity index is 188. The Morgan fingerprint density at radius 2 is 2.40 bits per heavy atom. The second-order valence-corrected chi connectivity index (χ2v) is 4.41. The van der Waals surface area contributed by atoms with Crippen LogP contribution in [0.5, 0.6) is 0 Å². The topological polar surface area (TPSA) is 35.5 Å². The Hall–Kier alpha value is -0.380. The maximum atomic E-state index is 9.00. The van der Waals surface area contributed by atoms with E-state index < -0.39 is 0 Å². The van der Waals surface area contributed by atoms with E-state index in [0.29, 0.717) is 0 Å². The second kappa shape index (κ2) is 6.26. The van der Waals surface area contributed by atoms with Crippen LogP contribution in [0.1, 0.15) is 26.2 Å². The Balaban J connectivity index is 2.49. The molecule has 1 aliphatic heterocycles. The Kier molecular flexibility index (Phi) is 5.29. The molecule has 0 saturated carbocycles. The molecule has 1 rings (SSSR count). The molecule has 0 aromatic carbocycles. The highest BCUT2D eigenvalue weighted by Crippen LogP contribution is 2.23. The predicted molar refractivity (Wildman–Crippen MR) is 64.0 cm³/mol. The first-order chi connectivity index (χ1) is 7.26. The van der Waals surface area contributed by atoms with E-state index in [9.17, 15) is 0 Å². The van der Waals surface area contributed by atoms with Crippen LogP contribution in [0, 0.1) is 0 Å². The van der Waals surface area contributed by atoms with Gasteiger partial charge in [0, 0.05) is 25.2 Å². The van der Waals surface area contributed by atoms with Crippen molar-refractivity contribution in [2.75, 3.05) is 32.8 Å². The first-order valence-electron chi connectivity index (χ1n) is 5.95. The maximum absolute atomic E-state index is 9.00. The van der Waals surface area contributed by atoms with E-state index in [2.05, 4.69) is 23.7 Å². The van der Waals surface area contributed by atoms with Gasteiger partial charge in [0.2, 0.25) is 0 Å². The number of aliphatic hydroxyl groups excluding tert-OH is 1. The Morgan fingerprint density at radius 1 is 1.60 bits per heavy atom. The van der Waals surface area contributed by atoms with E-state index >= 15 is 0 Å². The third-order valence-corrected chi connectivity index (χ3v) is 3.34. The van der Waals surface area contributed by atoms with Gasteiger partial charge in [-0.15, -0.1) is 6.58 Å². The van der Waals surface area contributed by atoms with Gasteiger partial charge in [-0.25, -0.2) is 0 Å². The fourth-order valence-electron chi connectivity index (χ4n) is 2.40. The van der Waals surface area contributed by atoms with Crippen LogP contribution >= 0.6 is 0 Å². The summed E-state index contributed by atoms with van der Waals surface area (Å²) in [6, 6.07) is 0. The lowest BCUT2D eigenvalue weighted by molar-refractivity contribution is 0.163. The van der Waals surface area contributed by atoms with Crippen LogP contribution in [-0.2, 0) is 0 Å². The zero-order chi connectivity index (χ0) is 11.1. The number of hydrogen-bond donors (Lipinski definition) is 2. The first kappa shape index (κ1) is 12.7. The molecule has 2 N–H and O–H groups in total. The highest BCUT2D eigenvalue weighted by molar-refractivity contribution is 4.95. The number of aliphatic hydroxyl groups is 1. The summed E-state index contributed by atoms with van der Waals surface area (Å²) in [5.41, 5.74) is 0.276. The van der Waals surface area contributed by atoms with Crippen LogP contribution in [0.25, 0.3) is 0 Å². The molecular weight excluding hydrogens is 188 g/mol. The molecule has 0 bridgehead atoms. The summed E-state index contributed by atoms with van der Waals surface area (Å²) in [5.74, 6) is 0. The average molecular weight is 212 g/mol. The van der Waals surface area contributed by atoms with E-state index in [1.54, 1.807) is 0 Å². The third kappa shape index (κ3) is 3.59. The minimum Gasteiger partial charge on any atom is -0.395 e. The average Bonchev–Trinajstić information content (AvgIpc) is 2.68. The number of rotatable bonds is 7. The quantitative estimate of drug-likeness (QED) is 0.618. The van der Waals surface area contributed by atoms with Gasteiger partial charge in [0.25, 0.3) is 0 Å². The largest absolute Gasteiger partial charge is 0.395 e. The summed E-state index contributed by atoms with van der Waals surface area (Å²) < 4.78 is 0. The third-order valence-electron chi connectivity index (χ3n) is 3.34. The van der Waals surface area contributed by atoms with E-state index in [1.165, 1.54) is 12.8 Å². The highest BCUT2D eigenvalue weighted by Gasteiger charge is 2.32. The standard InChI is InChI=1S/C12H24N2O/c1-3-8-14(9-10-15)11-12(4-2)6-5-7-13-12/h3,13,15H,1,4-11H2,2H3. The van der Waals surface area contributed by atoms with Crippen molar-refractivity contribution in [3.8, 4) is 0 Å². The predicted octanol–water partition coefficient (Wildman–Crippen LogP) is 0.999. The van der Waals surface area contributed by atoms with E-state index in [1.807, 2.05) is 6.08 Å². The van der Waals surface area contributed by atoms with Crippen molar-refractivity contribution in [3.63, 3.8) is 0 Å². The maximum Gasteiger partial charge on any atom is 0.0558 e. The monoisotopic (exact) mass is 212 g/mol. The molecule has 1 fully saturated rings. The fourth-order valence-corrected chi connectivity index (χ4v) is 2.40. The van der Waals surface area contributed by atoms with Gasteiger partial charge in [0.05, 0.1) is 6.61 Å². The van der Waals surface area contributed by atoms with Crippen LogP contribution < -0.4 is 5.32 Å². The molecular formula is C12H24N2O. The SMILES string of the molecule is C=CCN(CCO)CC1(CC)CCCN1. The summed E-state index contributed by atoms with van der Waals surface area (Å²) in [6.45, 7) is 10.00. The molecule has 0 aromatic heterocycles. The smallest absolute Gasteiger partial charge is 0.0558 e. The Labute approximate surface area is 93.2 Å². The first-order valence-corrected chi connectivity index (χ1v) is 5.95. The molecule has 0 spiro atoms. The lowest BCUT2D eigenvalue weighted by atomic mass is 9.93. The minimum atomic E-state index is 0.230. The van der Waals surface area contributed by atoms with E-state index in [4.69, 9.17) is 5.11 Å². The van der Waals surface area contributed by atoms with Gasteiger partial charge in [-0.1, -0.05) is 13.0 Å². The summed E-state index contributed by atoms with van der Waals surface area (Å²) in [4.78, 5) is 2.27. The summed E-state index contributed by atoms with van der Waals surface area (Å²) in [6.07, 6.45) is 5.59. The molecule has 1 aliphatic rings. The van der Waals surface area contributed by atoms with Crippen molar-refractivity contribution in [2.45, 2.75) is 31.7 Å². The molecule has 1 unspecified atom stereocenters. The summed E-state index contributed by atoms with van der Waals surface area (Å²) in [7, 11) is 0. The second-order valence-electron chi connectivity index (χ2n) is 4.41. The minimum absolute atomic E-state index is 0.230. The molecule has 3 heteroatoms. The van der Waals surface area contributed by atoms with Crippen molar-refractivity contribution in [3.05, 3.63) is 12.7 Å². The molecule has 0 radical (unpaired) electrons. The van der Waals surface area contributed by atoms with Crippen molar-refractivity contribution in [1.29, 1.82) is 0 Å². The van der Waals surface area contributed by atoms with Crippen molar-refractivity contribution >= 4 is 0 Å². The molecule has 1 atom stereocenters. The number of nitrogens with one attached hydrogen (secondary N) is 1. The van der Waals surface area contributed by atoms with Gasteiger partial charge in [-0.2, -0.15) is 0 Å². The highest BCUT2D eigenvalue weighted by atomic mass is 16.3. The van der Waals surface area contributed by atoms with Gasteiger partial charge in [-0.3, -0.25) is 4.90 Å². The number of hydrogen-bond acceptors (Lipinski definition) is 3. The van der Waals surface area contributed by atoms with Crippen molar-refractivity contribution in [2.24, 2.45) is 0 Å². The van der Waals surface area contributed by atoms with Crippen LogP contribution in [0.2, 0.25) is 0 Å². The molecule has 3 nitrogen and oxygen atoms in total. The van der Waals surface area contributed by atoms with Crippen molar-refractivity contribution in [1.82, 2.24) is 10.2 Å². The van der Waals surface area contributed by atoms with Crippen LogP contribution in [0.4, 0.5) is 0 Å². The van der Waals surface area contributed by atoms with Gasteiger partial charge in [-0.05, 0) is 25.8 Å². The number of nitrogens with zero attached hydrogens (tertiary/aromatic N) is 1. The van der Waals surface area contributed by atoms with Gasteiger partial charge in [0.15, 0.2) is 0 Å². The molecule has 1 saturated heterocycles. The van der Waals surface area contributed by atoms with Crippen LogP contribution in [0.15, 0.2) is 12.7 Å². The fraction of sp³-hybridized carbons (Fsp3) is 0.833. The van der Waals surface area contributed by atoms with Crippen LogP contribution in [-0.4, -0.2) is 48.3 Å². The van der Waals surface area contributed by atoms with E-state index in [0.717, 1.165) is 32.6 Å². The summed E-state index contributed by atoms with van der Waals surface area (Å²) in [5, 5.41) is 12.6. The van der Waals surface area contributed by atoms with Gasteiger partial charge in [0.1, 0.15) is 0 Å². The Morgan fingerprint density at radius 3 is 2.87 bits per heavy atom. The van der Waals surface area contributed by atoms with Crippen molar-refractivity contribution < 1.29 is 5.11 Å². The molecule has 0 aliphatic carbocycles. The molecule has 88 valence electrons. The van der Waals surface area contributed by atoms with Gasteiger partial charge >= 0.3 is 0 Å². The molecule has 0 amide bonds. The zero-order valence-electron chi connectivity index (χ0n) is 9.84. The van der Waals surface area contributed by atoms with Gasteiger partial charge < -0.3 is 10.4 Å². The summed E-state index contributed by atoms with van der Waals surface area (Å²) >= 11 is 0. The van der Waals surface area contributed by atoms with E-state index in [-0.39, 0.29) is 12.1 Å². The lowest BCUT2D eigenvalue weighted by Crippen LogP contribution is -2.50. The zero-order valence-corrected chi connectivity index (χ0v) is 9.84. The molecule has 15 heavy (non-hydrogen) atoms. The molecule has 0 aromatic rings. The normalized spacial score (nSPS) is 26.1. The lowest BCUT2D eigenvalue weighted by Gasteiger charge is -2.34.